The molecule has 122 valence electrons. The molecule has 0 unspecified atom stereocenters. The maximum absolute atomic E-state index is 9.27. The highest BCUT2D eigenvalue weighted by Gasteiger charge is 2.18. The van der Waals surface area contributed by atoms with Crippen LogP contribution in [-0.2, 0) is 0 Å². The number of aromatic amines is 2. The van der Waals surface area contributed by atoms with Gasteiger partial charge in [-0.15, -0.1) is 0 Å². The van der Waals surface area contributed by atoms with Crippen LogP contribution in [0, 0.1) is 18.3 Å². The fourth-order valence-electron chi connectivity index (χ4n) is 2.73. The second-order valence-electron chi connectivity index (χ2n) is 5.63. The van der Waals surface area contributed by atoms with E-state index in [0.717, 1.165) is 27.7 Å². The summed E-state index contributed by atoms with van der Waals surface area (Å²) in [7, 11) is 0. The average molecular weight is 350 g/mol. The summed E-state index contributed by atoms with van der Waals surface area (Å²) in [6.45, 7) is 1.94. The van der Waals surface area contributed by atoms with Gasteiger partial charge in [0.25, 0.3) is 0 Å². The van der Waals surface area contributed by atoms with Crippen LogP contribution in [0.5, 0.6) is 0 Å². The number of nitrogens with one attached hydrogen (secondary N) is 2. The number of hydrogen-bond donors (Lipinski definition) is 3. The normalized spacial score (nSPS) is 10.9. The Morgan fingerprint density at radius 2 is 1.96 bits per heavy atom. The minimum atomic E-state index is 0.0782. The van der Waals surface area contributed by atoms with Gasteiger partial charge < -0.3 is 10.7 Å². The molecule has 0 bridgehead atoms. The van der Waals surface area contributed by atoms with Crippen LogP contribution in [0.1, 0.15) is 11.4 Å². The Bertz CT molecular complexity index is 1150. The smallest absolute Gasteiger partial charge is 0.183 e. The van der Waals surface area contributed by atoms with E-state index < -0.39 is 0 Å². The Labute approximate surface area is 147 Å². The van der Waals surface area contributed by atoms with Gasteiger partial charge in [-0.2, -0.15) is 10.4 Å². The van der Waals surface area contributed by atoms with E-state index in [1.165, 1.54) is 0 Å². The Morgan fingerprint density at radius 3 is 2.68 bits per heavy atom. The van der Waals surface area contributed by atoms with Crippen molar-refractivity contribution >= 4 is 28.3 Å². The molecule has 0 atom stereocenters. The van der Waals surface area contributed by atoms with Crippen LogP contribution in [0.15, 0.2) is 30.6 Å². The number of aromatic nitrogens is 5. The summed E-state index contributed by atoms with van der Waals surface area (Å²) >= 11 is 6.35. The number of nitriles is 1. The molecule has 0 aliphatic heterocycles. The zero-order chi connectivity index (χ0) is 17.6. The quantitative estimate of drug-likeness (QED) is 0.512. The van der Waals surface area contributed by atoms with Gasteiger partial charge in [0.1, 0.15) is 11.8 Å². The van der Waals surface area contributed by atoms with Crippen LogP contribution in [0.3, 0.4) is 0 Å². The second kappa shape index (κ2) is 5.61. The number of nitrogens with zero attached hydrogens (tertiary/aromatic N) is 4. The molecule has 0 amide bonds. The highest BCUT2D eigenvalue weighted by molar-refractivity contribution is 6.35. The number of hydrogen-bond acceptors (Lipinski definition) is 5. The summed E-state index contributed by atoms with van der Waals surface area (Å²) in [5.74, 6) is 0.0931. The van der Waals surface area contributed by atoms with Crippen molar-refractivity contribution in [1.29, 1.82) is 5.26 Å². The summed E-state index contributed by atoms with van der Waals surface area (Å²) in [5, 5.41) is 17.5. The van der Waals surface area contributed by atoms with Gasteiger partial charge in [0, 0.05) is 28.4 Å². The molecule has 0 spiro atoms. The summed E-state index contributed by atoms with van der Waals surface area (Å²) in [4.78, 5) is 12.0. The van der Waals surface area contributed by atoms with Crippen molar-refractivity contribution in [3.8, 4) is 28.6 Å². The van der Waals surface area contributed by atoms with Crippen LogP contribution in [0.2, 0.25) is 5.02 Å². The highest BCUT2D eigenvalue weighted by atomic mass is 35.5. The number of aryl methyl sites for hydroxylation is 1. The topological polar surface area (TPSA) is 120 Å². The van der Waals surface area contributed by atoms with Gasteiger partial charge in [-0.05, 0) is 25.1 Å². The first kappa shape index (κ1) is 15.2. The molecule has 0 saturated carbocycles. The zero-order valence-corrected chi connectivity index (χ0v) is 13.9. The largest absolute Gasteiger partial charge is 0.381 e. The Kier molecular flexibility index (Phi) is 3.41. The van der Waals surface area contributed by atoms with Gasteiger partial charge in [-0.25, -0.2) is 9.97 Å². The van der Waals surface area contributed by atoms with Crippen molar-refractivity contribution in [2.24, 2.45) is 0 Å². The van der Waals surface area contributed by atoms with E-state index in [1.807, 2.05) is 31.3 Å². The highest BCUT2D eigenvalue weighted by Crippen LogP contribution is 2.34. The molecule has 0 aliphatic rings. The maximum Gasteiger partial charge on any atom is 0.183 e. The fraction of sp³-hybridized carbons (Fsp3) is 0.0588. The predicted molar refractivity (Wildman–Crippen MR) is 95.8 cm³/mol. The summed E-state index contributed by atoms with van der Waals surface area (Å²) in [6.07, 6.45) is 3.51. The van der Waals surface area contributed by atoms with Crippen LogP contribution in [0.25, 0.3) is 33.4 Å². The van der Waals surface area contributed by atoms with Gasteiger partial charge in [-0.1, -0.05) is 11.6 Å². The number of benzene rings is 1. The number of nitrogen functional groups attached to an aromatic ring is 1. The number of halogens is 1. The first-order chi connectivity index (χ1) is 12.1. The maximum atomic E-state index is 9.27. The van der Waals surface area contributed by atoms with Crippen LogP contribution < -0.4 is 5.73 Å². The van der Waals surface area contributed by atoms with Crippen molar-refractivity contribution in [3.05, 3.63) is 47.0 Å². The van der Waals surface area contributed by atoms with Crippen molar-refractivity contribution in [2.75, 3.05) is 5.73 Å². The first-order valence-electron chi connectivity index (χ1n) is 7.43. The number of anilines is 1. The lowest BCUT2D eigenvalue weighted by molar-refractivity contribution is 1.12. The molecule has 4 rings (SSSR count). The lowest BCUT2D eigenvalue weighted by Gasteiger charge is -2.10. The molecule has 1 aromatic carbocycles. The molecular formula is C17H12ClN7. The van der Waals surface area contributed by atoms with Crippen molar-refractivity contribution in [2.45, 2.75) is 6.92 Å². The fourth-order valence-corrected chi connectivity index (χ4v) is 3.00. The monoisotopic (exact) mass is 349 g/mol. The lowest BCUT2D eigenvalue weighted by atomic mass is 10.0. The third-order valence-corrected chi connectivity index (χ3v) is 4.20. The van der Waals surface area contributed by atoms with Gasteiger partial charge >= 0.3 is 0 Å². The Balaban J connectivity index is 2.02. The van der Waals surface area contributed by atoms with Gasteiger partial charge in [0.05, 0.1) is 22.4 Å². The molecule has 8 heteroatoms. The molecular weight excluding hydrogens is 338 g/mol. The van der Waals surface area contributed by atoms with Gasteiger partial charge in [0.15, 0.2) is 11.5 Å². The van der Waals surface area contributed by atoms with E-state index in [1.54, 1.807) is 12.3 Å². The Morgan fingerprint density at radius 1 is 1.16 bits per heavy atom. The van der Waals surface area contributed by atoms with E-state index in [4.69, 9.17) is 17.3 Å². The molecule has 0 aliphatic carbocycles. The summed E-state index contributed by atoms with van der Waals surface area (Å²) in [5.41, 5.74) is 10.4. The average Bonchev–Trinajstić information content (AvgIpc) is 3.23. The van der Waals surface area contributed by atoms with E-state index >= 15 is 0 Å². The lowest BCUT2D eigenvalue weighted by Crippen LogP contribution is -2.03. The van der Waals surface area contributed by atoms with Crippen LogP contribution in [0.4, 0.5) is 5.82 Å². The standard InChI is InChI=1S/C17H12ClN7/c1-8-2-10(6-21-8)16-15(23-13(5-19)17(20)24-16)9-3-11-7-22-25-14(11)12(18)4-9/h2-4,6-7,21H,1H3,(H2,20,24)(H,22,25). The molecule has 4 aromatic rings. The van der Waals surface area contributed by atoms with E-state index in [0.29, 0.717) is 16.4 Å². The molecule has 7 nitrogen and oxygen atoms in total. The SMILES string of the molecule is Cc1cc(-c2nc(N)c(C#N)nc2-c2cc(Cl)c3[nH]ncc3c2)c[nH]1. The van der Waals surface area contributed by atoms with Gasteiger partial charge in [-0.3, -0.25) is 5.10 Å². The summed E-state index contributed by atoms with van der Waals surface area (Å²) < 4.78 is 0. The molecule has 3 aromatic heterocycles. The molecule has 4 N–H and O–H groups in total. The first-order valence-corrected chi connectivity index (χ1v) is 7.80. The Hall–Kier alpha value is -3.37. The number of H-pyrrole nitrogens is 2. The van der Waals surface area contributed by atoms with Crippen molar-refractivity contribution < 1.29 is 0 Å². The number of rotatable bonds is 2. The number of nitrogens with two attached hydrogens (primary N) is 1. The number of fused-ring (bicyclic) bond motifs is 1. The third-order valence-electron chi connectivity index (χ3n) is 3.90. The minimum Gasteiger partial charge on any atom is -0.381 e. The predicted octanol–water partition coefficient (Wildman–Crippen LogP) is 3.43. The van der Waals surface area contributed by atoms with E-state index in [9.17, 15) is 5.26 Å². The zero-order valence-electron chi connectivity index (χ0n) is 13.1. The molecule has 0 fully saturated rings. The molecule has 25 heavy (non-hydrogen) atoms. The van der Waals surface area contributed by atoms with E-state index in [2.05, 4.69) is 25.1 Å². The summed E-state index contributed by atoms with van der Waals surface area (Å²) in [6, 6.07) is 7.59. The molecule has 0 radical (unpaired) electrons. The van der Waals surface area contributed by atoms with Gasteiger partial charge in [0.2, 0.25) is 0 Å². The molecule has 0 saturated heterocycles. The van der Waals surface area contributed by atoms with Crippen LogP contribution in [-0.4, -0.2) is 25.1 Å². The van der Waals surface area contributed by atoms with Crippen molar-refractivity contribution in [1.82, 2.24) is 25.1 Å². The second-order valence-corrected chi connectivity index (χ2v) is 6.04. The third kappa shape index (κ3) is 2.49. The minimum absolute atomic E-state index is 0.0782. The molecule has 3 heterocycles. The van der Waals surface area contributed by atoms with Crippen LogP contribution >= 0.6 is 11.6 Å². The van der Waals surface area contributed by atoms with E-state index in [-0.39, 0.29) is 11.5 Å². The van der Waals surface area contributed by atoms with Crippen molar-refractivity contribution in [3.63, 3.8) is 0 Å².